The van der Waals surface area contributed by atoms with Gasteiger partial charge in [0.25, 0.3) is 0 Å². The molecule has 0 unspecified atom stereocenters. The van der Waals surface area contributed by atoms with E-state index in [1.165, 1.54) is 0 Å². The number of aromatic nitrogens is 2. The molecule has 1 saturated heterocycles. The first-order chi connectivity index (χ1) is 9.36. The highest BCUT2D eigenvalue weighted by Crippen LogP contribution is 2.32. The quantitative estimate of drug-likeness (QED) is 0.643. The Hall–Kier alpha value is -1.40. The molecule has 112 valence electrons. The summed E-state index contributed by atoms with van der Waals surface area (Å²) in [4.78, 5) is 13.5. The zero-order chi connectivity index (χ0) is 14.9. The van der Waals surface area contributed by atoms with Gasteiger partial charge in [-0.1, -0.05) is 13.8 Å². The summed E-state index contributed by atoms with van der Waals surface area (Å²) in [7, 11) is 2.17. The third kappa shape index (κ3) is 2.71. The van der Waals surface area contributed by atoms with Gasteiger partial charge in [-0.2, -0.15) is 0 Å². The van der Waals surface area contributed by atoms with Crippen LogP contribution < -0.4 is 16.2 Å². The SMILES string of the molecule is CC(C)c1c(NN)ncnc1N1CCN(C)C(C)(C)C1. The van der Waals surface area contributed by atoms with Crippen molar-refractivity contribution < 1.29 is 0 Å². The summed E-state index contributed by atoms with van der Waals surface area (Å²) in [5, 5.41) is 0. The van der Waals surface area contributed by atoms with E-state index < -0.39 is 0 Å². The smallest absolute Gasteiger partial charge is 0.148 e. The van der Waals surface area contributed by atoms with Gasteiger partial charge in [0, 0.05) is 30.7 Å². The van der Waals surface area contributed by atoms with E-state index in [4.69, 9.17) is 5.84 Å². The Morgan fingerprint density at radius 2 is 2.00 bits per heavy atom. The molecule has 2 rings (SSSR count). The molecule has 20 heavy (non-hydrogen) atoms. The van der Waals surface area contributed by atoms with Crippen LogP contribution in [0.4, 0.5) is 11.6 Å². The third-order valence-electron chi connectivity index (χ3n) is 4.19. The summed E-state index contributed by atoms with van der Waals surface area (Å²) >= 11 is 0. The molecule has 2 heterocycles. The van der Waals surface area contributed by atoms with E-state index in [0.29, 0.717) is 5.92 Å². The molecule has 6 heteroatoms. The number of nitrogens with two attached hydrogens (primary N) is 1. The maximum atomic E-state index is 5.60. The van der Waals surface area contributed by atoms with Gasteiger partial charge in [-0.05, 0) is 26.8 Å². The maximum Gasteiger partial charge on any atom is 0.148 e. The first kappa shape index (κ1) is 15.0. The van der Waals surface area contributed by atoms with Crippen LogP contribution >= 0.6 is 0 Å². The van der Waals surface area contributed by atoms with Crippen molar-refractivity contribution in [3.63, 3.8) is 0 Å². The summed E-state index contributed by atoms with van der Waals surface area (Å²) < 4.78 is 0. The van der Waals surface area contributed by atoms with E-state index in [9.17, 15) is 0 Å². The van der Waals surface area contributed by atoms with Crippen LogP contribution in [0.2, 0.25) is 0 Å². The lowest BCUT2D eigenvalue weighted by molar-refractivity contribution is 0.138. The summed E-state index contributed by atoms with van der Waals surface area (Å²) in [6.07, 6.45) is 1.59. The van der Waals surface area contributed by atoms with Crippen LogP contribution in [0.3, 0.4) is 0 Å². The highest BCUT2D eigenvalue weighted by atomic mass is 15.3. The van der Waals surface area contributed by atoms with Crippen LogP contribution in [0, 0.1) is 0 Å². The van der Waals surface area contributed by atoms with Gasteiger partial charge in [0.05, 0.1) is 0 Å². The van der Waals surface area contributed by atoms with Gasteiger partial charge in [0.15, 0.2) is 0 Å². The summed E-state index contributed by atoms with van der Waals surface area (Å²) in [5.74, 6) is 7.64. The Bertz CT molecular complexity index is 471. The lowest BCUT2D eigenvalue weighted by Crippen LogP contribution is -2.58. The van der Waals surface area contributed by atoms with Crippen molar-refractivity contribution in [3.8, 4) is 0 Å². The second-order valence-electron chi connectivity index (χ2n) is 6.41. The number of rotatable bonds is 3. The predicted octanol–water partition coefficient (Wildman–Crippen LogP) is 1.42. The van der Waals surface area contributed by atoms with Crippen molar-refractivity contribution in [2.45, 2.75) is 39.2 Å². The molecule has 1 aromatic rings. The Morgan fingerprint density at radius 1 is 1.30 bits per heavy atom. The van der Waals surface area contributed by atoms with Crippen molar-refractivity contribution in [1.29, 1.82) is 0 Å². The fourth-order valence-corrected chi connectivity index (χ4v) is 2.71. The van der Waals surface area contributed by atoms with Crippen LogP contribution in [0.5, 0.6) is 0 Å². The highest BCUT2D eigenvalue weighted by Gasteiger charge is 2.33. The second-order valence-corrected chi connectivity index (χ2v) is 6.41. The predicted molar refractivity (Wildman–Crippen MR) is 82.9 cm³/mol. The molecule has 0 spiro atoms. The van der Waals surface area contributed by atoms with Crippen LogP contribution in [0.25, 0.3) is 0 Å². The lowest BCUT2D eigenvalue weighted by atomic mass is 9.98. The van der Waals surface area contributed by atoms with E-state index in [1.807, 2.05) is 0 Å². The summed E-state index contributed by atoms with van der Waals surface area (Å²) in [6.45, 7) is 11.8. The molecule has 0 saturated carbocycles. The van der Waals surface area contributed by atoms with Crippen molar-refractivity contribution >= 4 is 11.6 Å². The molecular weight excluding hydrogens is 252 g/mol. The minimum absolute atomic E-state index is 0.133. The maximum absolute atomic E-state index is 5.60. The molecule has 0 bridgehead atoms. The molecule has 0 amide bonds. The van der Waals surface area contributed by atoms with E-state index in [2.05, 4.69) is 59.9 Å². The first-order valence-corrected chi connectivity index (χ1v) is 7.14. The minimum atomic E-state index is 0.133. The van der Waals surface area contributed by atoms with Gasteiger partial charge in [-0.25, -0.2) is 15.8 Å². The summed E-state index contributed by atoms with van der Waals surface area (Å²) in [5.41, 5.74) is 3.92. The normalized spacial score (nSPS) is 19.4. The molecule has 1 aliphatic rings. The largest absolute Gasteiger partial charge is 0.353 e. The van der Waals surface area contributed by atoms with Gasteiger partial charge < -0.3 is 10.3 Å². The minimum Gasteiger partial charge on any atom is -0.353 e. The topological polar surface area (TPSA) is 70.3 Å². The molecule has 6 nitrogen and oxygen atoms in total. The van der Waals surface area contributed by atoms with Crippen molar-refractivity contribution in [2.75, 3.05) is 37.0 Å². The van der Waals surface area contributed by atoms with Crippen molar-refractivity contribution in [2.24, 2.45) is 5.84 Å². The number of anilines is 2. The van der Waals surface area contributed by atoms with E-state index in [1.54, 1.807) is 6.33 Å². The lowest BCUT2D eigenvalue weighted by Gasteiger charge is -2.46. The monoisotopic (exact) mass is 278 g/mol. The molecule has 3 N–H and O–H groups in total. The average molecular weight is 278 g/mol. The third-order valence-corrected chi connectivity index (χ3v) is 4.19. The average Bonchev–Trinajstić information content (AvgIpc) is 2.40. The van der Waals surface area contributed by atoms with E-state index in [-0.39, 0.29) is 5.54 Å². The number of hydrazine groups is 1. The number of nitrogens with one attached hydrogen (secondary N) is 1. The van der Waals surface area contributed by atoms with Gasteiger partial charge in [-0.3, -0.25) is 4.90 Å². The molecule has 0 aliphatic carbocycles. The zero-order valence-electron chi connectivity index (χ0n) is 13.1. The van der Waals surface area contributed by atoms with Gasteiger partial charge in [-0.15, -0.1) is 0 Å². The van der Waals surface area contributed by atoms with Crippen molar-refractivity contribution in [3.05, 3.63) is 11.9 Å². The highest BCUT2D eigenvalue weighted by molar-refractivity contribution is 5.60. The number of piperazine rings is 1. The molecule has 0 atom stereocenters. The summed E-state index contributed by atoms with van der Waals surface area (Å²) in [6, 6.07) is 0. The van der Waals surface area contributed by atoms with E-state index >= 15 is 0 Å². The molecule has 0 radical (unpaired) electrons. The van der Waals surface area contributed by atoms with Crippen molar-refractivity contribution in [1.82, 2.24) is 14.9 Å². The van der Waals surface area contributed by atoms with Gasteiger partial charge in [0.2, 0.25) is 0 Å². The van der Waals surface area contributed by atoms with E-state index in [0.717, 1.165) is 36.8 Å². The fraction of sp³-hybridized carbons (Fsp3) is 0.714. The van der Waals surface area contributed by atoms with Gasteiger partial charge in [0.1, 0.15) is 18.0 Å². The zero-order valence-corrected chi connectivity index (χ0v) is 13.1. The van der Waals surface area contributed by atoms with Gasteiger partial charge >= 0.3 is 0 Å². The Labute approximate surface area is 121 Å². The van der Waals surface area contributed by atoms with Crippen LogP contribution in [0.1, 0.15) is 39.2 Å². The standard InChI is InChI=1S/C14H26N6/c1-10(2)11-12(18-15)16-9-17-13(11)20-7-6-19(5)14(3,4)8-20/h9-10H,6-8,15H2,1-5H3,(H,16,17,18). The molecule has 1 aliphatic heterocycles. The molecular formula is C14H26N6. The Kier molecular flexibility index (Phi) is 4.15. The Morgan fingerprint density at radius 3 is 2.55 bits per heavy atom. The number of likely N-dealkylation sites (N-methyl/N-ethyl adjacent to an activating group) is 1. The number of nitrogens with zero attached hydrogens (tertiary/aromatic N) is 4. The molecule has 1 aromatic heterocycles. The van der Waals surface area contributed by atoms with Crippen LogP contribution in [-0.2, 0) is 0 Å². The first-order valence-electron chi connectivity index (χ1n) is 7.14. The number of hydrogen-bond acceptors (Lipinski definition) is 6. The number of nitrogen functional groups attached to an aromatic ring is 1. The molecule has 1 fully saturated rings. The molecule has 0 aromatic carbocycles. The fourth-order valence-electron chi connectivity index (χ4n) is 2.71. The second kappa shape index (κ2) is 5.54. The Balaban J connectivity index is 2.38. The van der Waals surface area contributed by atoms with Crippen LogP contribution in [-0.4, -0.2) is 47.1 Å². The van der Waals surface area contributed by atoms with Crippen LogP contribution in [0.15, 0.2) is 6.33 Å². The number of hydrogen-bond donors (Lipinski definition) is 2.